The molecule has 0 saturated carbocycles. The standard InChI is InChI=1S/C26H35N5OS/c1-6-9-19(10-7-2)30-25(32)23-24(18-11-8-12-29-15-18)33-26(31(23)5)22(28)20-14-16(3)13-17(4)21(20)27/h8,11-15,19,26,28H,6-7,9-10,27H2,1-5H3,(H,30,32). The molecule has 0 aliphatic carbocycles. The SMILES string of the molecule is CCCC(CCC)NC(=O)C1=C(c2cccnc2)SC(C(=N)c2cc(C)cc(C)c2N)N1C. The summed E-state index contributed by atoms with van der Waals surface area (Å²) in [6.45, 7) is 8.25. The zero-order valence-electron chi connectivity index (χ0n) is 20.2. The lowest BCUT2D eigenvalue weighted by Crippen LogP contribution is -2.41. The number of carbonyl (C=O) groups is 1. The number of anilines is 1. The van der Waals surface area contributed by atoms with E-state index in [9.17, 15) is 4.79 Å². The molecule has 0 saturated heterocycles. The van der Waals surface area contributed by atoms with Crippen LogP contribution < -0.4 is 11.1 Å². The number of nitrogen functional groups attached to an aromatic ring is 1. The summed E-state index contributed by atoms with van der Waals surface area (Å²) in [7, 11) is 1.89. The van der Waals surface area contributed by atoms with Gasteiger partial charge in [-0.05, 0) is 44.4 Å². The number of hydrogen-bond acceptors (Lipinski definition) is 6. The highest BCUT2D eigenvalue weighted by molar-refractivity contribution is 8.09. The number of nitrogens with one attached hydrogen (secondary N) is 2. The molecule has 1 aliphatic rings. The van der Waals surface area contributed by atoms with E-state index in [4.69, 9.17) is 11.1 Å². The number of rotatable bonds is 9. The van der Waals surface area contributed by atoms with Gasteiger partial charge in [0, 0.05) is 47.2 Å². The van der Waals surface area contributed by atoms with Crippen LogP contribution in [0, 0.1) is 19.3 Å². The Balaban J connectivity index is 1.98. The van der Waals surface area contributed by atoms with Crippen molar-refractivity contribution in [3.8, 4) is 0 Å². The van der Waals surface area contributed by atoms with Gasteiger partial charge in [-0.3, -0.25) is 9.78 Å². The Bertz CT molecular complexity index is 1040. The van der Waals surface area contributed by atoms with Gasteiger partial charge >= 0.3 is 0 Å². The highest BCUT2D eigenvalue weighted by atomic mass is 32.2. The molecule has 0 fully saturated rings. The normalized spacial score (nSPS) is 15.9. The average molecular weight is 466 g/mol. The summed E-state index contributed by atoms with van der Waals surface area (Å²) < 4.78 is 0. The maximum atomic E-state index is 13.5. The van der Waals surface area contributed by atoms with Gasteiger partial charge in [0.05, 0.1) is 5.71 Å². The lowest BCUT2D eigenvalue weighted by molar-refractivity contribution is -0.119. The van der Waals surface area contributed by atoms with Crippen LogP contribution in [0.15, 0.2) is 42.4 Å². The number of thioether (sulfide) groups is 1. The molecule has 1 aromatic carbocycles. The van der Waals surface area contributed by atoms with Crippen molar-refractivity contribution in [1.82, 2.24) is 15.2 Å². The summed E-state index contributed by atoms with van der Waals surface area (Å²) in [4.78, 5) is 20.6. The van der Waals surface area contributed by atoms with Gasteiger partial charge in [0.1, 0.15) is 11.1 Å². The molecule has 2 aromatic rings. The van der Waals surface area contributed by atoms with E-state index in [0.717, 1.165) is 52.8 Å². The summed E-state index contributed by atoms with van der Waals surface area (Å²) in [6.07, 6.45) is 7.43. The van der Waals surface area contributed by atoms with Crippen molar-refractivity contribution >= 4 is 34.0 Å². The third-order valence-corrected chi connectivity index (χ3v) is 7.41. The minimum absolute atomic E-state index is 0.0977. The van der Waals surface area contributed by atoms with Crippen LogP contribution in [0.2, 0.25) is 0 Å². The van der Waals surface area contributed by atoms with E-state index in [2.05, 4.69) is 24.1 Å². The number of aromatic nitrogens is 1. The number of aryl methyl sites for hydroxylation is 2. The van der Waals surface area contributed by atoms with E-state index in [1.165, 1.54) is 11.8 Å². The van der Waals surface area contributed by atoms with E-state index in [1.54, 1.807) is 12.4 Å². The number of likely N-dealkylation sites (N-methyl/N-ethyl adjacent to an activating group) is 1. The average Bonchev–Trinajstić information content (AvgIpc) is 3.14. The first-order valence-corrected chi connectivity index (χ1v) is 12.5. The molecule has 1 amide bonds. The number of amides is 1. The monoisotopic (exact) mass is 465 g/mol. The van der Waals surface area contributed by atoms with Gasteiger partial charge < -0.3 is 21.4 Å². The fourth-order valence-corrected chi connectivity index (χ4v) is 5.65. The summed E-state index contributed by atoms with van der Waals surface area (Å²) in [6, 6.07) is 7.96. The zero-order chi connectivity index (χ0) is 24.1. The molecule has 7 heteroatoms. The van der Waals surface area contributed by atoms with Gasteiger partial charge in [-0.15, -0.1) is 0 Å². The van der Waals surface area contributed by atoms with E-state index in [-0.39, 0.29) is 17.3 Å². The van der Waals surface area contributed by atoms with Crippen molar-refractivity contribution in [3.05, 3.63) is 64.6 Å². The number of hydrogen-bond donors (Lipinski definition) is 3. The molecule has 4 N–H and O–H groups in total. The first-order chi connectivity index (χ1) is 15.8. The quantitative estimate of drug-likeness (QED) is 0.353. The molecule has 0 spiro atoms. The predicted molar refractivity (Wildman–Crippen MR) is 139 cm³/mol. The fourth-order valence-electron chi connectivity index (χ4n) is 4.32. The molecule has 0 bridgehead atoms. The van der Waals surface area contributed by atoms with Gasteiger partial charge in [-0.25, -0.2) is 0 Å². The van der Waals surface area contributed by atoms with Crippen LogP contribution in [-0.4, -0.2) is 40.0 Å². The minimum atomic E-state index is -0.361. The van der Waals surface area contributed by atoms with Crippen LogP contribution in [0.5, 0.6) is 0 Å². The Hall–Kier alpha value is -2.80. The Kier molecular flexibility index (Phi) is 8.19. The molecule has 33 heavy (non-hydrogen) atoms. The Morgan fingerprint density at radius 1 is 1.27 bits per heavy atom. The van der Waals surface area contributed by atoms with Gasteiger partial charge in [-0.2, -0.15) is 0 Å². The summed E-state index contributed by atoms with van der Waals surface area (Å²) in [5.41, 5.74) is 11.6. The highest BCUT2D eigenvalue weighted by Crippen LogP contribution is 2.45. The number of carbonyl (C=O) groups excluding carboxylic acids is 1. The number of benzene rings is 1. The van der Waals surface area contributed by atoms with E-state index >= 15 is 0 Å². The lowest BCUT2D eigenvalue weighted by Gasteiger charge is -2.26. The smallest absolute Gasteiger partial charge is 0.269 e. The van der Waals surface area contributed by atoms with Gasteiger partial charge in [0.2, 0.25) is 0 Å². The summed E-state index contributed by atoms with van der Waals surface area (Å²) in [5.74, 6) is -0.0977. The molecule has 3 rings (SSSR count). The van der Waals surface area contributed by atoms with Crippen molar-refractivity contribution in [2.45, 2.75) is 64.8 Å². The minimum Gasteiger partial charge on any atom is -0.398 e. The fraction of sp³-hybridized carbons (Fsp3) is 0.423. The third-order valence-electron chi connectivity index (χ3n) is 5.97. The second-order valence-electron chi connectivity index (χ2n) is 8.71. The highest BCUT2D eigenvalue weighted by Gasteiger charge is 2.38. The van der Waals surface area contributed by atoms with E-state index in [0.29, 0.717) is 17.1 Å². The molecule has 1 aromatic heterocycles. The Morgan fingerprint density at radius 2 is 1.97 bits per heavy atom. The summed E-state index contributed by atoms with van der Waals surface area (Å²) in [5, 5.41) is 11.9. The Morgan fingerprint density at radius 3 is 2.58 bits per heavy atom. The largest absolute Gasteiger partial charge is 0.398 e. The van der Waals surface area contributed by atoms with Crippen molar-refractivity contribution in [1.29, 1.82) is 5.41 Å². The van der Waals surface area contributed by atoms with Crippen molar-refractivity contribution in [3.63, 3.8) is 0 Å². The van der Waals surface area contributed by atoms with Crippen LogP contribution in [0.4, 0.5) is 5.69 Å². The first kappa shape index (κ1) is 24.8. The summed E-state index contributed by atoms with van der Waals surface area (Å²) >= 11 is 1.51. The molecule has 6 nitrogen and oxygen atoms in total. The van der Waals surface area contributed by atoms with Crippen molar-refractivity contribution < 1.29 is 4.79 Å². The number of pyridine rings is 1. The molecule has 176 valence electrons. The molecule has 0 radical (unpaired) electrons. The van der Waals surface area contributed by atoms with Crippen LogP contribution in [-0.2, 0) is 4.79 Å². The Labute approximate surface area is 201 Å². The van der Waals surface area contributed by atoms with E-state index in [1.807, 2.05) is 50.1 Å². The lowest BCUT2D eigenvalue weighted by atomic mass is 10.00. The number of nitrogens with zero attached hydrogens (tertiary/aromatic N) is 2. The molecular weight excluding hydrogens is 430 g/mol. The molecule has 2 heterocycles. The maximum absolute atomic E-state index is 13.5. The predicted octanol–water partition coefficient (Wildman–Crippen LogP) is 5.11. The zero-order valence-corrected chi connectivity index (χ0v) is 21.1. The van der Waals surface area contributed by atoms with Gasteiger partial charge in [0.25, 0.3) is 5.91 Å². The number of nitrogens with two attached hydrogens (primary N) is 1. The molecule has 1 atom stereocenters. The first-order valence-electron chi connectivity index (χ1n) is 11.6. The van der Waals surface area contributed by atoms with Crippen molar-refractivity contribution in [2.24, 2.45) is 0 Å². The van der Waals surface area contributed by atoms with Crippen LogP contribution in [0.1, 0.15) is 61.8 Å². The second kappa shape index (κ2) is 10.9. The van der Waals surface area contributed by atoms with Gasteiger partial charge in [0.15, 0.2) is 0 Å². The van der Waals surface area contributed by atoms with Crippen molar-refractivity contribution in [2.75, 3.05) is 12.8 Å². The van der Waals surface area contributed by atoms with Crippen LogP contribution >= 0.6 is 11.8 Å². The van der Waals surface area contributed by atoms with Gasteiger partial charge in [-0.1, -0.05) is 56.1 Å². The second-order valence-corrected chi connectivity index (χ2v) is 9.80. The third kappa shape index (κ3) is 5.41. The molecule has 1 aliphatic heterocycles. The topological polar surface area (TPSA) is 95.1 Å². The molecular formula is C26H35N5OS. The van der Waals surface area contributed by atoms with Crippen LogP contribution in [0.3, 0.4) is 0 Å². The molecule has 1 unspecified atom stereocenters. The maximum Gasteiger partial charge on any atom is 0.269 e. The van der Waals surface area contributed by atoms with E-state index < -0.39 is 0 Å². The van der Waals surface area contributed by atoms with Crippen LogP contribution in [0.25, 0.3) is 4.91 Å².